The Kier molecular flexibility index (Phi) is 3.43. The van der Waals surface area contributed by atoms with Crippen molar-refractivity contribution in [1.29, 1.82) is 0 Å². The summed E-state index contributed by atoms with van der Waals surface area (Å²) >= 11 is 0. The zero-order chi connectivity index (χ0) is 11.4. The minimum Gasteiger partial charge on any atom is -0.491 e. The zero-order valence-electron chi connectivity index (χ0n) is 8.86. The van der Waals surface area contributed by atoms with Gasteiger partial charge in [-0.1, -0.05) is 5.92 Å². The molecule has 1 aromatic carbocycles. The van der Waals surface area contributed by atoms with E-state index in [0.29, 0.717) is 12.4 Å². The van der Waals surface area contributed by atoms with Gasteiger partial charge in [0.05, 0.1) is 6.10 Å². The fraction of sp³-hybridized carbons (Fsp3) is 0.385. The van der Waals surface area contributed by atoms with E-state index in [4.69, 9.17) is 15.9 Å². The Bertz CT molecular complexity index is 380. The van der Waals surface area contributed by atoms with E-state index in [1.165, 1.54) is 12.1 Å². The van der Waals surface area contributed by atoms with Crippen molar-refractivity contribution in [2.24, 2.45) is 0 Å². The lowest BCUT2D eigenvalue weighted by molar-refractivity contribution is 0.0420. The van der Waals surface area contributed by atoms with Crippen LogP contribution in [-0.4, -0.2) is 18.8 Å². The van der Waals surface area contributed by atoms with Gasteiger partial charge >= 0.3 is 0 Å². The summed E-state index contributed by atoms with van der Waals surface area (Å²) in [5.74, 6) is 2.95. The maximum Gasteiger partial charge on any atom is 0.123 e. The molecule has 0 aliphatic carbocycles. The van der Waals surface area contributed by atoms with E-state index in [1.807, 2.05) is 0 Å². The molecular weight excluding hydrogens is 207 g/mol. The number of ether oxygens (including phenoxy) is 2. The summed E-state index contributed by atoms with van der Waals surface area (Å²) in [7, 11) is 0. The van der Waals surface area contributed by atoms with Crippen LogP contribution in [0.25, 0.3) is 0 Å². The zero-order valence-corrected chi connectivity index (χ0v) is 8.86. The molecule has 0 spiro atoms. The minimum atomic E-state index is -0.267. The lowest BCUT2D eigenvalue weighted by atomic mass is 10.2. The summed E-state index contributed by atoms with van der Waals surface area (Å²) < 4.78 is 23.6. The summed E-state index contributed by atoms with van der Waals surface area (Å²) in [4.78, 5) is 0. The van der Waals surface area contributed by atoms with E-state index >= 15 is 0 Å². The number of rotatable bonds is 3. The number of hydrogen-bond donors (Lipinski definition) is 0. The molecule has 1 saturated heterocycles. The highest BCUT2D eigenvalue weighted by Crippen LogP contribution is 2.20. The number of terminal acetylenes is 1. The van der Waals surface area contributed by atoms with Gasteiger partial charge in [0.25, 0.3) is 0 Å². The second-order valence-corrected chi connectivity index (χ2v) is 3.76. The standard InChI is InChI=1S/C13H13FO2/c1-2-11-7-8-13(16-11)9-15-12-5-3-10(14)4-6-12/h1,3-6,11,13H,7-9H2/t11-,13-/m0/s1. The smallest absolute Gasteiger partial charge is 0.123 e. The third-order valence-electron chi connectivity index (χ3n) is 2.54. The molecule has 0 unspecified atom stereocenters. The molecule has 2 atom stereocenters. The van der Waals surface area contributed by atoms with Crippen LogP contribution in [0.2, 0.25) is 0 Å². The molecule has 0 bridgehead atoms. The van der Waals surface area contributed by atoms with Crippen molar-refractivity contribution in [2.45, 2.75) is 25.0 Å². The summed E-state index contributed by atoms with van der Waals surface area (Å²) in [5.41, 5.74) is 0. The van der Waals surface area contributed by atoms with Gasteiger partial charge in [0.2, 0.25) is 0 Å². The monoisotopic (exact) mass is 220 g/mol. The van der Waals surface area contributed by atoms with Crippen LogP contribution >= 0.6 is 0 Å². The lowest BCUT2D eigenvalue weighted by Gasteiger charge is -2.12. The molecule has 1 aliphatic rings. The van der Waals surface area contributed by atoms with Crippen molar-refractivity contribution in [3.63, 3.8) is 0 Å². The summed E-state index contributed by atoms with van der Waals surface area (Å²) in [6.07, 6.45) is 7.02. The molecule has 16 heavy (non-hydrogen) atoms. The van der Waals surface area contributed by atoms with Gasteiger partial charge in [0.15, 0.2) is 0 Å². The first-order valence-electron chi connectivity index (χ1n) is 5.28. The largest absolute Gasteiger partial charge is 0.491 e. The minimum absolute atomic E-state index is 0.0473. The highest BCUT2D eigenvalue weighted by Gasteiger charge is 2.23. The third-order valence-corrected chi connectivity index (χ3v) is 2.54. The molecular formula is C13H13FO2. The first-order chi connectivity index (χ1) is 7.78. The second kappa shape index (κ2) is 5.00. The Balaban J connectivity index is 1.80. The van der Waals surface area contributed by atoms with E-state index in [-0.39, 0.29) is 18.0 Å². The van der Waals surface area contributed by atoms with E-state index in [9.17, 15) is 4.39 Å². The van der Waals surface area contributed by atoms with Crippen molar-refractivity contribution < 1.29 is 13.9 Å². The Hall–Kier alpha value is -1.53. The second-order valence-electron chi connectivity index (χ2n) is 3.76. The molecule has 1 aliphatic heterocycles. The van der Waals surface area contributed by atoms with Gasteiger partial charge in [-0.15, -0.1) is 6.42 Å². The van der Waals surface area contributed by atoms with Crippen LogP contribution in [0, 0.1) is 18.2 Å². The number of halogens is 1. The first-order valence-corrected chi connectivity index (χ1v) is 5.28. The molecule has 1 fully saturated rings. The normalized spacial score (nSPS) is 24.0. The molecule has 0 aromatic heterocycles. The van der Waals surface area contributed by atoms with Crippen molar-refractivity contribution in [1.82, 2.24) is 0 Å². The molecule has 1 aromatic rings. The van der Waals surface area contributed by atoms with Gasteiger partial charge in [-0.05, 0) is 37.1 Å². The molecule has 0 radical (unpaired) electrons. The van der Waals surface area contributed by atoms with Crippen molar-refractivity contribution >= 4 is 0 Å². The molecule has 0 N–H and O–H groups in total. The predicted octanol–water partition coefficient (Wildman–Crippen LogP) is 2.39. The fourth-order valence-corrected chi connectivity index (χ4v) is 1.67. The summed E-state index contributed by atoms with van der Waals surface area (Å²) in [6, 6.07) is 5.94. The molecule has 0 saturated carbocycles. The van der Waals surface area contributed by atoms with Crippen LogP contribution in [0.5, 0.6) is 5.75 Å². The molecule has 1 heterocycles. The molecule has 2 nitrogen and oxygen atoms in total. The molecule has 84 valence electrons. The van der Waals surface area contributed by atoms with E-state index in [1.54, 1.807) is 12.1 Å². The van der Waals surface area contributed by atoms with E-state index < -0.39 is 0 Å². The Morgan fingerprint density at radius 1 is 1.38 bits per heavy atom. The quantitative estimate of drug-likeness (QED) is 0.728. The molecule has 0 amide bonds. The van der Waals surface area contributed by atoms with Crippen LogP contribution in [0.3, 0.4) is 0 Å². The molecule has 2 rings (SSSR count). The van der Waals surface area contributed by atoms with E-state index in [0.717, 1.165) is 12.8 Å². The van der Waals surface area contributed by atoms with Gasteiger partial charge in [-0.25, -0.2) is 4.39 Å². The Morgan fingerprint density at radius 3 is 2.75 bits per heavy atom. The first kappa shape index (κ1) is 11.0. The van der Waals surface area contributed by atoms with E-state index in [2.05, 4.69) is 5.92 Å². The van der Waals surface area contributed by atoms with Crippen LogP contribution in [0.15, 0.2) is 24.3 Å². The average molecular weight is 220 g/mol. The van der Waals surface area contributed by atoms with Crippen molar-refractivity contribution in [3.8, 4) is 18.1 Å². The lowest BCUT2D eigenvalue weighted by Crippen LogP contribution is -2.18. The Morgan fingerprint density at radius 2 is 2.12 bits per heavy atom. The van der Waals surface area contributed by atoms with Gasteiger partial charge in [-0.2, -0.15) is 0 Å². The summed E-state index contributed by atoms with van der Waals surface area (Å²) in [6.45, 7) is 0.462. The average Bonchev–Trinajstić information content (AvgIpc) is 2.76. The van der Waals surface area contributed by atoms with Crippen molar-refractivity contribution in [2.75, 3.05) is 6.61 Å². The highest BCUT2D eigenvalue weighted by atomic mass is 19.1. The van der Waals surface area contributed by atoms with Crippen molar-refractivity contribution in [3.05, 3.63) is 30.1 Å². The SMILES string of the molecule is C#C[C@H]1CC[C@@H](COc2ccc(F)cc2)O1. The maximum atomic E-state index is 12.6. The maximum absolute atomic E-state index is 12.6. The third kappa shape index (κ3) is 2.74. The topological polar surface area (TPSA) is 18.5 Å². The predicted molar refractivity (Wildman–Crippen MR) is 58.6 cm³/mol. The van der Waals surface area contributed by atoms with Crippen LogP contribution in [0.4, 0.5) is 4.39 Å². The van der Waals surface area contributed by atoms with Crippen LogP contribution in [0.1, 0.15) is 12.8 Å². The highest BCUT2D eigenvalue weighted by molar-refractivity contribution is 5.22. The fourth-order valence-electron chi connectivity index (χ4n) is 1.67. The van der Waals surface area contributed by atoms with Gasteiger partial charge in [0.1, 0.15) is 24.3 Å². The molecule has 3 heteroatoms. The Labute approximate surface area is 94.4 Å². The number of hydrogen-bond acceptors (Lipinski definition) is 2. The van der Waals surface area contributed by atoms with Crippen LogP contribution in [-0.2, 0) is 4.74 Å². The van der Waals surface area contributed by atoms with Gasteiger partial charge in [-0.3, -0.25) is 0 Å². The van der Waals surface area contributed by atoms with Gasteiger partial charge < -0.3 is 9.47 Å². The van der Waals surface area contributed by atoms with Crippen LogP contribution < -0.4 is 4.74 Å². The summed E-state index contributed by atoms with van der Waals surface area (Å²) in [5, 5.41) is 0. The number of benzene rings is 1. The van der Waals surface area contributed by atoms with Gasteiger partial charge in [0, 0.05) is 0 Å².